The molecule has 1 heterocycles. The fraction of sp³-hybridized carbons (Fsp3) is 0.333. The number of amides is 1. The second-order valence-corrected chi connectivity index (χ2v) is 5.32. The number of allylic oxidation sites excluding steroid dienone is 1. The van der Waals surface area contributed by atoms with E-state index in [1.165, 1.54) is 0 Å². The molecule has 5 heteroatoms. The molecule has 2 rings (SSSR count). The molecule has 0 bridgehead atoms. The Morgan fingerprint density at radius 3 is 2.78 bits per heavy atom. The zero-order valence-corrected chi connectivity index (χ0v) is 13.3. The lowest BCUT2D eigenvalue weighted by atomic mass is 10.1. The molecule has 0 radical (unpaired) electrons. The van der Waals surface area contributed by atoms with Gasteiger partial charge in [-0.1, -0.05) is 37.6 Å². The summed E-state index contributed by atoms with van der Waals surface area (Å²) in [4.78, 5) is 25.7. The van der Waals surface area contributed by atoms with Crippen LogP contribution in [0.1, 0.15) is 26.2 Å². The number of para-hydroxylation sites is 1. The van der Waals surface area contributed by atoms with Crippen LogP contribution < -0.4 is 5.32 Å². The zero-order valence-electron chi connectivity index (χ0n) is 13.3. The minimum atomic E-state index is -0.309. The van der Waals surface area contributed by atoms with Crippen LogP contribution in [-0.2, 0) is 14.3 Å². The molecule has 0 aromatic heterocycles. The Morgan fingerprint density at radius 1 is 1.26 bits per heavy atom. The standard InChI is InChI=1S/C18H22N2O3/c1-2-3-12-23-18(22)15-8-7-11-20(13-15)14-17(21)19-16-9-5-4-6-10-16/h4-7,9-11,13H,2-3,8,12,14H2,1H3,(H,19,21). The molecule has 0 aliphatic carbocycles. The number of hydrogen-bond acceptors (Lipinski definition) is 4. The van der Waals surface area contributed by atoms with Gasteiger partial charge in [-0.15, -0.1) is 0 Å². The number of carbonyl (C=O) groups excluding carboxylic acids is 2. The third-order valence-corrected chi connectivity index (χ3v) is 3.33. The molecule has 1 aliphatic heterocycles. The number of esters is 1. The minimum Gasteiger partial charge on any atom is -0.462 e. The molecule has 1 aromatic carbocycles. The molecule has 1 aliphatic rings. The van der Waals surface area contributed by atoms with Gasteiger partial charge in [0.2, 0.25) is 5.91 Å². The first-order valence-corrected chi connectivity index (χ1v) is 7.84. The quantitative estimate of drug-likeness (QED) is 0.621. The normalized spacial score (nSPS) is 13.4. The van der Waals surface area contributed by atoms with Crippen LogP contribution in [-0.4, -0.2) is 29.9 Å². The second-order valence-electron chi connectivity index (χ2n) is 5.32. The highest BCUT2D eigenvalue weighted by Crippen LogP contribution is 2.14. The van der Waals surface area contributed by atoms with Gasteiger partial charge in [-0.25, -0.2) is 4.79 Å². The number of hydrogen-bond donors (Lipinski definition) is 1. The molecule has 0 spiro atoms. The van der Waals surface area contributed by atoms with E-state index < -0.39 is 0 Å². The topological polar surface area (TPSA) is 58.6 Å². The van der Waals surface area contributed by atoms with E-state index in [0.29, 0.717) is 18.6 Å². The smallest absolute Gasteiger partial charge is 0.335 e. The molecular formula is C18H22N2O3. The number of nitrogens with zero attached hydrogens (tertiary/aromatic N) is 1. The van der Waals surface area contributed by atoms with Crippen LogP contribution in [0.4, 0.5) is 5.69 Å². The number of anilines is 1. The lowest BCUT2D eigenvalue weighted by molar-refractivity contribution is -0.139. The van der Waals surface area contributed by atoms with Crippen molar-refractivity contribution in [3.63, 3.8) is 0 Å². The van der Waals surface area contributed by atoms with Gasteiger partial charge in [-0.2, -0.15) is 0 Å². The van der Waals surface area contributed by atoms with Crippen LogP contribution in [0.15, 0.2) is 54.4 Å². The van der Waals surface area contributed by atoms with Gasteiger partial charge in [0.1, 0.15) is 6.54 Å². The van der Waals surface area contributed by atoms with Gasteiger partial charge in [0.05, 0.1) is 12.2 Å². The van der Waals surface area contributed by atoms with Gasteiger partial charge in [0.25, 0.3) is 0 Å². The van der Waals surface area contributed by atoms with Gasteiger partial charge in [0.15, 0.2) is 0 Å². The number of nitrogens with one attached hydrogen (secondary N) is 1. The molecule has 0 saturated heterocycles. The van der Waals surface area contributed by atoms with Crippen LogP contribution in [0.2, 0.25) is 0 Å². The summed E-state index contributed by atoms with van der Waals surface area (Å²) >= 11 is 0. The number of carbonyl (C=O) groups is 2. The molecular weight excluding hydrogens is 292 g/mol. The lowest BCUT2D eigenvalue weighted by Crippen LogP contribution is -2.28. The largest absolute Gasteiger partial charge is 0.462 e. The SMILES string of the molecule is CCCCOC(=O)C1=CN(CC(=O)Nc2ccccc2)C=CC1. The van der Waals surface area contributed by atoms with Crippen molar-refractivity contribution in [2.45, 2.75) is 26.2 Å². The van der Waals surface area contributed by atoms with E-state index in [-0.39, 0.29) is 18.4 Å². The number of benzene rings is 1. The average molecular weight is 314 g/mol. The molecule has 1 N–H and O–H groups in total. The summed E-state index contributed by atoms with van der Waals surface area (Å²) in [6.45, 7) is 2.63. The Labute approximate surface area is 136 Å². The van der Waals surface area contributed by atoms with Crippen LogP contribution in [0.25, 0.3) is 0 Å². The third-order valence-electron chi connectivity index (χ3n) is 3.33. The maximum Gasteiger partial charge on any atom is 0.335 e. The van der Waals surface area contributed by atoms with Crippen LogP contribution in [0.3, 0.4) is 0 Å². The van der Waals surface area contributed by atoms with Crippen molar-refractivity contribution >= 4 is 17.6 Å². The summed E-state index contributed by atoms with van der Waals surface area (Å²) in [5, 5.41) is 2.82. The molecule has 23 heavy (non-hydrogen) atoms. The van der Waals surface area contributed by atoms with Gasteiger partial charge in [0, 0.05) is 24.5 Å². The van der Waals surface area contributed by atoms with Crippen molar-refractivity contribution in [3.8, 4) is 0 Å². The fourth-order valence-electron chi connectivity index (χ4n) is 2.14. The van der Waals surface area contributed by atoms with E-state index in [1.807, 2.05) is 43.3 Å². The highest BCUT2D eigenvalue weighted by Gasteiger charge is 2.16. The van der Waals surface area contributed by atoms with E-state index in [0.717, 1.165) is 18.5 Å². The minimum absolute atomic E-state index is 0.141. The molecule has 1 aromatic rings. The summed E-state index contributed by atoms with van der Waals surface area (Å²) in [5.41, 5.74) is 1.32. The van der Waals surface area contributed by atoms with Crippen molar-refractivity contribution in [1.29, 1.82) is 0 Å². The van der Waals surface area contributed by atoms with Gasteiger partial charge < -0.3 is 15.0 Å². The summed E-state index contributed by atoms with van der Waals surface area (Å²) in [6, 6.07) is 9.27. The van der Waals surface area contributed by atoms with Crippen molar-refractivity contribution in [1.82, 2.24) is 4.90 Å². The molecule has 122 valence electrons. The molecule has 0 atom stereocenters. The number of ether oxygens (including phenoxy) is 1. The maximum absolute atomic E-state index is 12.0. The van der Waals surface area contributed by atoms with Crippen molar-refractivity contribution in [3.05, 3.63) is 54.4 Å². The third kappa shape index (κ3) is 5.62. The first kappa shape index (κ1) is 16.8. The van der Waals surface area contributed by atoms with Crippen LogP contribution >= 0.6 is 0 Å². The van der Waals surface area contributed by atoms with E-state index in [4.69, 9.17) is 4.74 Å². The zero-order chi connectivity index (χ0) is 16.5. The van der Waals surface area contributed by atoms with Gasteiger partial charge in [-0.05, 0) is 18.6 Å². The Balaban J connectivity index is 1.87. The van der Waals surface area contributed by atoms with Crippen LogP contribution in [0, 0.1) is 0 Å². The molecule has 0 unspecified atom stereocenters. The molecule has 0 fully saturated rings. The molecule has 0 saturated carbocycles. The van der Waals surface area contributed by atoms with Crippen molar-refractivity contribution in [2.75, 3.05) is 18.5 Å². The van der Waals surface area contributed by atoms with Crippen molar-refractivity contribution < 1.29 is 14.3 Å². The maximum atomic E-state index is 12.0. The number of unbranched alkanes of at least 4 members (excludes halogenated alkanes) is 1. The predicted molar refractivity (Wildman–Crippen MR) is 89.5 cm³/mol. The van der Waals surface area contributed by atoms with Gasteiger partial charge in [-0.3, -0.25) is 4.79 Å². The first-order chi connectivity index (χ1) is 11.2. The average Bonchev–Trinajstić information content (AvgIpc) is 2.56. The van der Waals surface area contributed by atoms with E-state index in [9.17, 15) is 9.59 Å². The first-order valence-electron chi connectivity index (χ1n) is 7.84. The summed E-state index contributed by atoms with van der Waals surface area (Å²) < 4.78 is 5.20. The fourth-order valence-corrected chi connectivity index (χ4v) is 2.14. The Morgan fingerprint density at radius 2 is 2.04 bits per heavy atom. The highest BCUT2D eigenvalue weighted by molar-refractivity contribution is 5.93. The second kappa shape index (κ2) is 8.78. The summed E-state index contributed by atoms with van der Waals surface area (Å²) in [6.07, 6.45) is 7.70. The Hall–Kier alpha value is -2.56. The Bertz CT molecular complexity index is 594. The lowest BCUT2D eigenvalue weighted by Gasteiger charge is -2.20. The van der Waals surface area contributed by atoms with Crippen LogP contribution in [0.5, 0.6) is 0 Å². The molecule has 5 nitrogen and oxygen atoms in total. The van der Waals surface area contributed by atoms with Crippen molar-refractivity contribution in [2.24, 2.45) is 0 Å². The Kier molecular flexibility index (Phi) is 6.41. The summed E-state index contributed by atoms with van der Waals surface area (Å²) in [5.74, 6) is -0.450. The van der Waals surface area contributed by atoms with E-state index in [2.05, 4.69) is 5.32 Å². The highest BCUT2D eigenvalue weighted by atomic mass is 16.5. The van der Waals surface area contributed by atoms with E-state index in [1.54, 1.807) is 17.3 Å². The number of rotatable bonds is 7. The monoisotopic (exact) mass is 314 g/mol. The van der Waals surface area contributed by atoms with E-state index >= 15 is 0 Å². The summed E-state index contributed by atoms with van der Waals surface area (Å²) in [7, 11) is 0. The molecule has 1 amide bonds. The van der Waals surface area contributed by atoms with Gasteiger partial charge >= 0.3 is 5.97 Å². The predicted octanol–water partition coefficient (Wildman–Crippen LogP) is 3.07.